The summed E-state index contributed by atoms with van der Waals surface area (Å²) >= 11 is 1.35. The summed E-state index contributed by atoms with van der Waals surface area (Å²) in [7, 11) is -3.61. The van der Waals surface area contributed by atoms with Crippen molar-refractivity contribution >= 4 is 33.4 Å². The third-order valence-corrected chi connectivity index (χ3v) is 5.07. The van der Waals surface area contributed by atoms with Crippen molar-refractivity contribution < 1.29 is 18.3 Å². The van der Waals surface area contributed by atoms with Gasteiger partial charge < -0.3 is 5.11 Å². The van der Waals surface area contributed by atoms with Crippen LogP contribution in [0.1, 0.15) is 16.1 Å². The standard InChI is InChI=1S/C12H13N3O4S2/c1-8-11(6-13-15-8)21(18,19)14-5-10-4-9(7-20-10)2-3-12(16)17/h2-4,6-7,14H,5H2,1H3,(H,13,15)(H,16,17). The molecule has 0 aliphatic carbocycles. The van der Waals surface area contributed by atoms with Crippen LogP contribution in [-0.2, 0) is 21.4 Å². The van der Waals surface area contributed by atoms with Crippen LogP contribution in [-0.4, -0.2) is 29.7 Å². The van der Waals surface area contributed by atoms with Gasteiger partial charge in [0.2, 0.25) is 10.0 Å². The van der Waals surface area contributed by atoms with Gasteiger partial charge in [-0.1, -0.05) is 0 Å². The predicted octanol–water partition coefficient (Wildman–Crippen LogP) is 1.36. The van der Waals surface area contributed by atoms with Gasteiger partial charge in [-0.2, -0.15) is 5.10 Å². The molecule has 2 aromatic rings. The Balaban J connectivity index is 2.04. The summed E-state index contributed by atoms with van der Waals surface area (Å²) in [5.41, 5.74) is 1.19. The van der Waals surface area contributed by atoms with E-state index in [2.05, 4.69) is 14.9 Å². The highest BCUT2D eigenvalue weighted by atomic mass is 32.2. The largest absolute Gasteiger partial charge is 0.478 e. The van der Waals surface area contributed by atoms with Gasteiger partial charge in [-0.3, -0.25) is 5.10 Å². The number of aromatic amines is 1. The van der Waals surface area contributed by atoms with E-state index in [1.807, 2.05) is 0 Å². The second-order valence-electron chi connectivity index (χ2n) is 4.20. The van der Waals surface area contributed by atoms with Crippen molar-refractivity contribution in [1.82, 2.24) is 14.9 Å². The van der Waals surface area contributed by atoms with Gasteiger partial charge in [0, 0.05) is 17.5 Å². The van der Waals surface area contributed by atoms with E-state index in [0.29, 0.717) is 5.69 Å². The Labute approximate surface area is 125 Å². The Morgan fingerprint density at radius 3 is 2.95 bits per heavy atom. The Morgan fingerprint density at radius 2 is 2.33 bits per heavy atom. The number of nitrogens with one attached hydrogen (secondary N) is 2. The predicted molar refractivity (Wildman–Crippen MR) is 78.3 cm³/mol. The van der Waals surface area contributed by atoms with Crippen molar-refractivity contribution in [3.05, 3.63) is 39.9 Å². The Hall–Kier alpha value is -1.97. The molecule has 7 nitrogen and oxygen atoms in total. The van der Waals surface area contributed by atoms with E-state index >= 15 is 0 Å². The van der Waals surface area contributed by atoms with E-state index in [4.69, 9.17) is 5.11 Å². The third-order valence-electron chi connectivity index (χ3n) is 2.60. The lowest BCUT2D eigenvalue weighted by atomic mass is 10.3. The number of aliphatic carboxylic acids is 1. The average Bonchev–Trinajstić information content (AvgIpc) is 3.03. The number of hydrogen-bond donors (Lipinski definition) is 3. The van der Waals surface area contributed by atoms with Gasteiger partial charge in [-0.25, -0.2) is 17.9 Å². The topological polar surface area (TPSA) is 112 Å². The minimum absolute atomic E-state index is 0.116. The van der Waals surface area contributed by atoms with Gasteiger partial charge in [-0.05, 0) is 30.0 Å². The van der Waals surface area contributed by atoms with Gasteiger partial charge >= 0.3 is 5.97 Å². The minimum atomic E-state index is -3.61. The zero-order valence-corrected chi connectivity index (χ0v) is 12.7. The quantitative estimate of drug-likeness (QED) is 0.693. The Kier molecular flexibility index (Phi) is 4.56. The van der Waals surface area contributed by atoms with Crippen molar-refractivity contribution in [1.29, 1.82) is 0 Å². The number of thiophene rings is 1. The van der Waals surface area contributed by atoms with Crippen LogP contribution >= 0.6 is 11.3 Å². The smallest absolute Gasteiger partial charge is 0.328 e. The van der Waals surface area contributed by atoms with Crippen LogP contribution in [0.4, 0.5) is 0 Å². The maximum absolute atomic E-state index is 12.1. The van der Waals surface area contributed by atoms with E-state index < -0.39 is 16.0 Å². The van der Waals surface area contributed by atoms with E-state index in [1.54, 1.807) is 18.4 Å². The van der Waals surface area contributed by atoms with Crippen LogP contribution in [0.3, 0.4) is 0 Å². The molecule has 0 saturated heterocycles. The molecule has 21 heavy (non-hydrogen) atoms. The molecule has 0 aliphatic heterocycles. The lowest BCUT2D eigenvalue weighted by Crippen LogP contribution is -2.23. The summed E-state index contributed by atoms with van der Waals surface area (Å²) in [5, 5.41) is 16.6. The molecular weight excluding hydrogens is 314 g/mol. The number of carbonyl (C=O) groups is 1. The molecule has 0 fully saturated rings. The first-order chi connectivity index (χ1) is 9.88. The van der Waals surface area contributed by atoms with Crippen LogP contribution in [0.2, 0.25) is 0 Å². The molecule has 0 radical (unpaired) electrons. The van der Waals surface area contributed by atoms with E-state index in [1.165, 1.54) is 23.6 Å². The molecule has 112 valence electrons. The first-order valence-electron chi connectivity index (χ1n) is 5.86. The zero-order chi connectivity index (χ0) is 15.5. The summed E-state index contributed by atoms with van der Waals surface area (Å²) in [5.74, 6) is -1.03. The highest BCUT2D eigenvalue weighted by molar-refractivity contribution is 7.89. The van der Waals surface area contributed by atoms with Crippen LogP contribution in [0.25, 0.3) is 6.08 Å². The number of rotatable bonds is 6. The van der Waals surface area contributed by atoms with Crippen LogP contribution < -0.4 is 4.72 Å². The van der Waals surface area contributed by atoms with Crippen molar-refractivity contribution in [2.24, 2.45) is 0 Å². The fourth-order valence-electron chi connectivity index (χ4n) is 1.60. The Morgan fingerprint density at radius 1 is 1.57 bits per heavy atom. The van der Waals surface area contributed by atoms with Gasteiger partial charge in [0.05, 0.1) is 11.9 Å². The molecular formula is C12H13N3O4S2. The molecule has 0 aromatic carbocycles. The summed E-state index contributed by atoms with van der Waals surface area (Å²) < 4.78 is 26.6. The van der Waals surface area contributed by atoms with Gasteiger partial charge in [0.1, 0.15) is 4.90 Å². The molecule has 3 N–H and O–H groups in total. The van der Waals surface area contributed by atoms with Crippen LogP contribution in [0.5, 0.6) is 0 Å². The molecule has 2 rings (SSSR count). The summed E-state index contributed by atoms with van der Waals surface area (Å²) in [6.07, 6.45) is 3.75. The molecule has 0 aliphatic rings. The molecule has 9 heteroatoms. The fourth-order valence-corrected chi connectivity index (χ4v) is 3.63. The number of aromatic nitrogens is 2. The lowest BCUT2D eigenvalue weighted by molar-refractivity contribution is -0.131. The Bertz CT molecular complexity index is 774. The molecule has 0 spiro atoms. The number of aryl methyl sites for hydroxylation is 1. The first-order valence-corrected chi connectivity index (χ1v) is 8.23. The van der Waals surface area contributed by atoms with Gasteiger partial charge in [-0.15, -0.1) is 11.3 Å². The van der Waals surface area contributed by atoms with Crippen molar-refractivity contribution in [3.63, 3.8) is 0 Å². The summed E-state index contributed by atoms with van der Waals surface area (Å²) in [4.78, 5) is 11.3. The molecule has 2 heterocycles. The molecule has 0 saturated carbocycles. The number of sulfonamides is 1. The maximum Gasteiger partial charge on any atom is 0.328 e. The third kappa shape index (κ3) is 4.00. The van der Waals surface area contributed by atoms with Crippen LogP contribution in [0.15, 0.2) is 28.6 Å². The van der Waals surface area contributed by atoms with Crippen molar-refractivity contribution in [2.45, 2.75) is 18.4 Å². The molecule has 0 amide bonds. The maximum atomic E-state index is 12.1. The summed E-state index contributed by atoms with van der Waals surface area (Å²) in [6, 6.07) is 1.73. The van der Waals surface area contributed by atoms with E-state index in [9.17, 15) is 13.2 Å². The SMILES string of the molecule is Cc1[nH]ncc1S(=O)(=O)NCc1cc(C=CC(=O)O)cs1. The van der Waals surface area contributed by atoms with Crippen molar-refractivity contribution in [2.75, 3.05) is 0 Å². The summed E-state index contributed by atoms with van der Waals surface area (Å²) in [6.45, 7) is 1.76. The molecule has 2 aromatic heterocycles. The minimum Gasteiger partial charge on any atom is -0.478 e. The number of carboxylic acids is 1. The average molecular weight is 327 g/mol. The normalized spacial score (nSPS) is 12.0. The number of hydrogen-bond acceptors (Lipinski definition) is 5. The van der Waals surface area contributed by atoms with E-state index in [0.717, 1.165) is 16.5 Å². The second-order valence-corrected chi connectivity index (χ2v) is 6.93. The number of carboxylic acid groups (broad SMARTS) is 1. The van der Waals surface area contributed by atoms with E-state index in [-0.39, 0.29) is 11.4 Å². The monoisotopic (exact) mass is 327 g/mol. The number of nitrogens with zero attached hydrogens (tertiary/aromatic N) is 1. The zero-order valence-electron chi connectivity index (χ0n) is 11.0. The van der Waals surface area contributed by atoms with Gasteiger partial charge in [0.25, 0.3) is 0 Å². The van der Waals surface area contributed by atoms with Gasteiger partial charge in [0.15, 0.2) is 0 Å². The van der Waals surface area contributed by atoms with Crippen molar-refractivity contribution in [3.8, 4) is 0 Å². The second kappa shape index (κ2) is 6.20. The molecule has 0 unspecified atom stereocenters. The fraction of sp³-hybridized carbons (Fsp3) is 0.167. The highest BCUT2D eigenvalue weighted by Crippen LogP contribution is 2.17. The first kappa shape index (κ1) is 15.4. The highest BCUT2D eigenvalue weighted by Gasteiger charge is 2.18. The molecule has 0 bridgehead atoms. The number of H-pyrrole nitrogens is 1. The molecule has 0 atom stereocenters. The lowest BCUT2D eigenvalue weighted by Gasteiger charge is -2.03. The van der Waals surface area contributed by atoms with Crippen LogP contribution in [0, 0.1) is 6.92 Å².